The number of nitrogens with two attached hydrogens (primary N) is 1. The third-order valence-electron chi connectivity index (χ3n) is 3.26. The van der Waals surface area contributed by atoms with Crippen LogP contribution >= 0.6 is 0 Å². The highest BCUT2D eigenvalue weighted by molar-refractivity contribution is 5.53. The summed E-state index contributed by atoms with van der Waals surface area (Å²) in [4.78, 5) is 0. The second-order valence-electron chi connectivity index (χ2n) is 4.67. The minimum Gasteiger partial charge on any atom is -0.493 e. The van der Waals surface area contributed by atoms with E-state index in [9.17, 15) is 0 Å². The zero-order valence-electron chi connectivity index (χ0n) is 13.1. The highest BCUT2D eigenvalue weighted by atomic mass is 16.5. The number of rotatable bonds is 7. The predicted octanol–water partition coefficient (Wildman–Crippen LogP) is 2.75. The normalized spacial score (nSPS) is 10.2. The molecule has 2 N–H and O–H groups in total. The second kappa shape index (κ2) is 7.56. The third-order valence-corrected chi connectivity index (χ3v) is 3.26. The Morgan fingerprint density at radius 3 is 2.09 bits per heavy atom. The van der Waals surface area contributed by atoms with Crippen molar-refractivity contribution in [1.29, 1.82) is 0 Å². The van der Waals surface area contributed by atoms with Crippen molar-refractivity contribution in [3.05, 3.63) is 47.5 Å². The van der Waals surface area contributed by atoms with Crippen LogP contribution in [-0.2, 0) is 13.2 Å². The van der Waals surface area contributed by atoms with E-state index in [1.165, 1.54) is 0 Å². The Kier molecular flexibility index (Phi) is 5.49. The van der Waals surface area contributed by atoms with Crippen molar-refractivity contribution in [2.45, 2.75) is 13.2 Å². The summed E-state index contributed by atoms with van der Waals surface area (Å²) >= 11 is 0. The lowest BCUT2D eigenvalue weighted by atomic mass is 10.2. The van der Waals surface area contributed by atoms with Gasteiger partial charge in [-0.15, -0.1) is 0 Å². The van der Waals surface area contributed by atoms with Crippen molar-refractivity contribution >= 4 is 0 Å². The van der Waals surface area contributed by atoms with Gasteiger partial charge in [0.1, 0.15) is 12.4 Å². The molecule has 0 unspecified atom stereocenters. The van der Waals surface area contributed by atoms with Gasteiger partial charge in [0.15, 0.2) is 11.5 Å². The molecule has 2 rings (SSSR count). The van der Waals surface area contributed by atoms with E-state index in [1.807, 2.05) is 36.4 Å². The van der Waals surface area contributed by atoms with E-state index in [0.29, 0.717) is 30.4 Å². The number of hydrogen-bond acceptors (Lipinski definition) is 5. The molecular formula is C17H21NO4. The molecule has 0 amide bonds. The van der Waals surface area contributed by atoms with E-state index in [-0.39, 0.29) is 0 Å². The van der Waals surface area contributed by atoms with Gasteiger partial charge in [-0.2, -0.15) is 0 Å². The van der Waals surface area contributed by atoms with Crippen LogP contribution < -0.4 is 24.7 Å². The smallest absolute Gasteiger partial charge is 0.203 e. The largest absolute Gasteiger partial charge is 0.493 e. The minimum absolute atomic E-state index is 0.394. The highest BCUT2D eigenvalue weighted by Gasteiger charge is 2.13. The topological polar surface area (TPSA) is 62.9 Å². The number of benzene rings is 2. The zero-order valence-corrected chi connectivity index (χ0v) is 13.1. The van der Waals surface area contributed by atoms with E-state index in [4.69, 9.17) is 24.7 Å². The van der Waals surface area contributed by atoms with Crippen LogP contribution in [0.1, 0.15) is 11.1 Å². The van der Waals surface area contributed by atoms with Gasteiger partial charge in [-0.25, -0.2) is 0 Å². The number of hydrogen-bond donors (Lipinski definition) is 1. The predicted molar refractivity (Wildman–Crippen MR) is 84.8 cm³/mol. The van der Waals surface area contributed by atoms with E-state index >= 15 is 0 Å². The van der Waals surface area contributed by atoms with Crippen LogP contribution in [-0.4, -0.2) is 21.3 Å². The lowest BCUT2D eigenvalue weighted by Gasteiger charge is -2.14. The number of methoxy groups -OCH3 is 3. The molecule has 0 aliphatic carbocycles. The van der Waals surface area contributed by atoms with Crippen LogP contribution in [0.5, 0.6) is 23.0 Å². The molecule has 0 fully saturated rings. The molecule has 0 saturated heterocycles. The van der Waals surface area contributed by atoms with Gasteiger partial charge in [0, 0.05) is 6.54 Å². The first-order valence-electron chi connectivity index (χ1n) is 6.92. The monoisotopic (exact) mass is 303 g/mol. The molecule has 0 saturated carbocycles. The summed E-state index contributed by atoms with van der Waals surface area (Å²) in [5, 5.41) is 0. The Bertz CT molecular complexity index is 603. The minimum atomic E-state index is 0.394. The molecule has 0 aliphatic heterocycles. The average molecular weight is 303 g/mol. The lowest BCUT2D eigenvalue weighted by molar-refractivity contribution is 0.298. The molecule has 0 radical (unpaired) electrons. The van der Waals surface area contributed by atoms with Gasteiger partial charge in [0.25, 0.3) is 0 Å². The molecule has 0 atom stereocenters. The molecule has 2 aromatic rings. The molecule has 5 nitrogen and oxygen atoms in total. The highest BCUT2D eigenvalue weighted by Crippen LogP contribution is 2.38. The van der Waals surface area contributed by atoms with E-state index in [0.717, 1.165) is 16.9 Å². The summed E-state index contributed by atoms with van der Waals surface area (Å²) < 4.78 is 21.8. The zero-order chi connectivity index (χ0) is 15.9. The van der Waals surface area contributed by atoms with Gasteiger partial charge in [-0.1, -0.05) is 12.1 Å². The summed E-state index contributed by atoms with van der Waals surface area (Å²) in [7, 11) is 4.76. The van der Waals surface area contributed by atoms with Crippen molar-refractivity contribution in [3.63, 3.8) is 0 Å². The standard InChI is InChI=1S/C17H21NO4/c1-19-15-8-13(9-16(20-2)17(15)21-3)11-22-14-6-4-5-12(7-14)10-18/h4-9H,10-11,18H2,1-3H3. The molecule has 2 aromatic carbocycles. The number of ether oxygens (including phenoxy) is 4. The molecular weight excluding hydrogens is 282 g/mol. The van der Waals surface area contributed by atoms with Crippen LogP contribution in [0.25, 0.3) is 0 Å². The molecule has 0 heterocycles. The summed E-state index contributed by atoms with van der Waals surface area (Å²) in [6, 6.07) is 11.5. The van der Waals surface area contributed by atoms with Crippen LogP contribution in [0.3, 0.4) is 0 Å². The first kappa shape index (κ1) is 16.0. The van der Waals surface area contributed by atoms with E-state index in [2.05, 4.69) is 0 Å². The molecule has 0 aliphatic rings. The molecule has 22 heavy (non-hydrogen) atoms. The van der Waals surface area contributed by atoms with Gasteiger partial charge >= 0.3 is 0 Å². The molecule has 118 valence electrons. The van der Waals surface area contributed by atoms with Crippen LogP contribution in [0, 0.1) is 0 Å². The Morgan fingerprint density at radius 2 is 1.55 bits per heavy atom. The van der Waals surface area contributed by atoms with Crippen LogP contribution in [0.2, 0.25) is 0 Å². The van der Waals surface area contributed by atoms with Gasteiger partial charge in [-0.05, 0) is 35.4 Å². The summed E-state index contributed by atoms with van der Waals surface area (Å²) in [5.41, 5.74) is 7.58. The summed E-state index contributed by atoms with van der Waals surface area (Å²) in [6.45, 7) is 0.881. The van der Waals surface area contributed by atoms with Crippen LogP contribution in [0.4, 0.5) is 0 Å². The maximum atomic E-state index is 5.80. The Hall–Kier alpha value is -2.40. The fraction of sp³-hybridized carbons (Fsp3) is 0.294. The molecule has 5 heteroatoms. The van der Waals surface area contributed by atoms with Gasteiger partial charge < -0.3 is 24.7 Å². The average Bonchev–Trinajstić information content (AvgIpc) is 2.58. The lowest BCUT2D eigenvalue weighted by Crippen LogP contribution is -2.01. The first-order valence-corrected chi connectivity index (χ1v) is 6.92. The maximum Gasteiger partial charge on any atom is 0.203 e. The molecule has 0 aromatic heterocycles. The van der Waals surface area contributed by atoms with Crippen molar-refractivity contribution in [3.8, 4) is 23.0 Å². The van der Waals surface area contributed by atoms with Gasteiger partial charge in [0.05, 0.1) is 21.3 Å². The van der Waals surface area contributed by atoms with E-state index in [1.54, 1.807) is 21.3 Å². The SMILES string of the molecule is COc1cc(COc2cccc(CN)c2)cc(OC)c1OC. The molecule has 0 spiro atoms. The quantitative estimate of drug-likeness (QED) is 0.852. The first-order chi connectivity index (χ1) is 10.7. The summed E-state index contributed by atoms with van der Waals surface area (Å²) in [5.74, 6) is 2.56. The van der Waals surface area contributed by atoms with Gasteiger partial charge in [0.2, 0.25) is 5.75 Å². The Labute approximate surface area is 130 Å². The van der Waals surface area contributed by atoms with Crippen molar-refractivity contribution in [2.24, 2.45) is 5.73 Å². The van der Waals surface area contributed by atoms with Crippen molar-refractivity contribution in [1.82, 2.24) is 0 Å². The molecule has 0 bridgehead atoms. The van der Waals surface area contributed by atoms with Crippen LogP contribution in [0.15, 0.2) is 36.4 Å². The second-order valence-corrected chi connectivity index (χ2v) is 4.67. The van der Waals surface area contributed by atoms with Gasteiger partial charge in [-0.3, -0.25) is 0 Å². The van der Waals surface area contributed by atoms with Crippen molar-refractivity contribution in [2.75, 3.05) is 21.3 Å². The fourth-order valence-electron chi connectivity index (χ4n) is 2.15. The third kappa shape index (κ3) is 3.62. The van der Waals surface area contributed by atoms with E-state index < -0.39 is 0 Å². The Balaban J connectivity index is 2.18. The maximum absolute atomic E-state index is 5.80. The van der Waals surface area contributed by atoms with Crippen molar-refractivity contribution < 1.29 is 18.9 Å². The Morgan fingerprint density at radius 1 is 0.864 bits per heavy atom. The fourth-order valence-corrected chi connectivity index (χ4v) is 2.15. The summed E-state index contributed by atoms with van der Waals surface area (Å²) in [6.07, 6.45) is 0.